The molecule has 0 saturated heterocycles. The molecule has 1 aromatic heterocycles. The lowest BCUT2D eigenvalue weighted by atomic mass is 10.1. The zero-order valence-electron chi connectivity index (χ0n) is 14.1. The van der Waals surface area contributed by atoms with Crippen LogP contribution in [0.1, 0.15) is 27.9 Å². The van der Waals surface area contributed by atoms with Gasteiger partial charge in [0.2, 0.25) is 5.91 Å². The van der Waals surface area contributed by atoms with Crippen LogP contribution in [0.2, 0.25) is 0 Å². The third-order valence-electron chi connectivity index (χ3n) is 4.23. The molecule has 25 heavy (non-hydrogen) atoms. The highest BCUT2D eigenvalue weighted by Crippen LogP contribution is 2.18. The Morgan fingerprint density at radius 1 is 1.04 bits per heavy atom. The Morgan fingerprint density at radius 3 is 2.56 bits per heavy atom. The average molecular weight is 335 g/mol. The molecule has 0 aliphatic heterocycles. The van der Waals surface area contributed by atoms with Crippen molar-refractivity contribution < 1.29 is 9.59 Å². The third-order valence-corrected chi connectivity index (χ3v) is 4.23. The van der Waals surface area contributed by atoms with Crippen LogP contribution in [0.5, 0.6) is 0 Å². The summed E-state index contributed by atoms with van der Waals surface area (Å²) in [6, 6.07) is 15.3. The van der Waals surface area contributed by atoms with Gasteiger partial charge in [-0.05, 0) is 35.7 Å². The first-order valence-corrected chi connectivity index (χ1v) is 8.30. The van der Waals surface area contributed by atoms with Gasteiger partial charge in [-0.25, -0.2) is 0 Å². The summed E-state index contributed by atoms with van der Waals surface area (Å²) >= 11 is 0. The quantitative estimate of drug-likeness (QED) is 0.648. The fraction of sp³-hybridized carbons (Fsp3) is 0.200. The summed E-state index contributed by atoms with van der Waals surface area (Å²) in [6.45, 7) is 0.459. The van der Waals surface area contributed by atoms with Gasteiger partial charge in [0.1, 0.15) is 0 Å². The predicted octanol–water partition coefficient (Wildman–Crippen LogP) is 2.78. The van der Waals surface area contributed by atoms with Crippen molar-refractivity contribution in [3.05, 3.63) is 71.4 Å². The molecule has 0 atom stereocenters. The van der Waals surface area contributed by atoms with Crippen LogP contribution in [0.15, 0.2) is 54.7 Å². The van der Waals surface area contributed by atoms with Crippen molar-refractivity contribution in [2.24, 2.45) is 0 Å². The molecule has 5 nitrogen and oxygen atoms in total. The molecule has 2 aromatic carbocycles. The number of aromatic nitrogens is 1. The third kappa shape index (κ3) is 4.07. The summed E-state index contributed by atoms with van der Waals surface area (Å²) in [5, 5.41) is 6.67. The number of para-hydroxylation sites is 1. The lowest BCUT2D eigenvalue weighted by Crippen LogP contribution is -2.23. The van der Waals surface area contributed by atoms with Crippen molar-refractivity contribution in [2.75, 3.05) is 7.05 Å². The maximum absolute atomic E-state index is 12.1. The molecule has 3 rings (SSSR count). The minimum absolute atomic E-state index is 0.0145. The number of fused-ring (bicyclic) bond motifs is 1. The number of rotatable bonds is 6. The molecule has 3 N–H and O–H groups in total. The lowest BCUT2D eigenvalue weighted by molar-refractivity contribution is -0.121. The SMILES string of the molecule is CNC(=O)c1ccc(CNC(=O)CCc2c[nH]c3ccccc23)cc1. The first-order chi connectivity index (χ1) is 12.2. The molecule has 5 heteroatoms. The fourth-order valence-electron chi connectivity index (χ4n) is 2.79. The van der Waals surface area contributed by atoms with Gasteiger partial charge >= 0.3 is 0 Å². The standard InChI is InChI=1S/C20H21N3O2/c1-21-20(25)15-8-6-14(7-9-15)12-23-19(24)11-10-16-13-22-18-5-3-2-4-17(16)18/h2-9,13,22H,10-12H2,1H3,(H,21,25)(H,23,24). The second-order valence-corrected chi connectivity index (χ2v) is 5.91. The fourth-order valence-corrected chi connectivity index (χ4v) is 2.79. The summed E-state index contributed by atoms with van der Waals surface area (Å²) in [4.78, 5) is 26.8. The van der Waals surface area contributed by atoms with E-state index < -0.39 is 0 Å². The van der Waals surface area contributed by atoms with Crippen LogP contribution in [0.3, 0.4) is 0 Å². The number of carbonyl (C=O) groups excluding carboxylic acids is 2. The van der Waals surface area contributed by atoms with Crippen molar-refractivity contribution in [3.8, 4) is 0 Å². The minimum atomic E-state index is -0.116. The van der Waals surface area contributed by atoms with Gasteiger partial charge < -0.3 is 15.6 Å². The second-order valence-electron chi connectivity index (χ2n) is 5.91. The molecule has 0 unspecified atom stereocenters. The normalized spacial score (nSPS) is 10.6. The maximum Gasteiger partial charge on any atom is 0.251 e. The summed E-state index contributed by atoms with van der Waals surface area (Å²) in [5.41, 5.74) is 3.82. The molecule has 128 valence electrons. The van der Waals surface area contributed by atoms with Gasteiger partial charge in [0, 0.05) is 42.7 Å². The van der Waals surface area contributed by atoms with E-state index in [0.29, 0.717) is 24.9 Å². The number of hydrogen-bond donors (Lipinski definition) is 3. The van der Waals surface area contributed by atoms with Crippen molar-refractivity contribution in [1.29, 1.82) is 0 Å². The molecular formula is C20H21N3O2. The topological polar surface area (TPSA) is 74.0 Å². The molecular weight excluding hydrogens is 314 g/mol. The van der Waals surface area contributed by atoms with Crippen LogP contribution >= 0.6 is 0 Å². The summed E-state index contributed by atoms with van der Waals surface area (Å²) in [6.07, 6.45) is 3.11. The van der Waals surface area contributed by atoms with E-state index in [1.54, 1.807) is 19.2 Å². The zero-order valence-corrected chi connectivity index (χ0v) is 14.1. The van der Waals surface area contributed by atoms with Crippen molar-refractivity contribution in [1.82, 2.24) is 15.6 Å². The maximum atomic E-state index is 12.1. The molecule has 0 spiro atoms. The van der Waals surface area contributed by atoms with Gasteiger partial charge in [-0.2, -0.15) is 0 Å². The van der Waals surface area contributed by atoms with Gasteiger partial charge in [-0.15, -0.1) is 0 Å². The van der Waals surface area contributed by atoms with Gasteiger partial charge in [0.05, 0.1) is 0 Å². The Morgan fingerprint density at radius 2 is 1.80 bits per heavy atom. The summed E-state index contributed by atoms with van der Waals surface area (Å²) in [5.74, 6) is -0.102. The molecule has 2 amide bonds. The first kappa shape index (κ1) is 16.8. The average Bonchev–Trinajstić information content (AvgIpc) is 3.07. The monoisotopic (exact) mass is 335 g/mol. The molecule has 0 bridgehead atoms. The molecule has 0 fully saturated rings. The zero-order chi connectivity index (χ0) is 17.6. The van der Waals surface area contributed by atoms with Crippen molar-refractivity contribution in [2.45, 2.75) is 19.4 Å². The van der Waals surface area contributed by atoms with E-state index in [0.717, 1.165) is 16.6 Å². The van der Waals surface area contributed by atoms with E-state index in [1.807, 2.05) is 36.5 Å². The highest BCUT2D eigenvalue weighted by Gasteiger charge is 2.07. The highest BCUT2D eigenvalue weighted by atomic mass is 16.2. The van der Waals surface area contributed by atoms with Crippen LogP contribution in [-0.2, 0) is 17.8 Å². The largest absolute Gasteiger partial charge is 0.361 e. The molecule has 0 aliphatic rings. The van der Waals surface area contributed by atoms with E-state index in [-0.39, 0.29) is 11.8 Å². The number of hydrogen-bond acceptors (Lipinski definition) is 2. The van der Waals surface area contributed by atoms with Gasteiger partial charge in [-0.1, -0.05) is 30.3 Å². The van der Waals surface area contributed by atoms with Crippen LogP contribution in [0.25, 0.3) is 10.9 Å². The number of H-pyrrole nitrogens is 1. The number of benzene rings is 2. The van der Waals surface area contributed by atoms with Crippen LogP contribution < -0.4 is 10.6 Å². The van der Waals surface area contributed by atoms with Gasteiger partial charge in [0.15, 0.2) is 0 Å². The summed E-state index contributed by atoms with van der Waals surface area (Å²) in [7, 11) is 1.60. The molecule has 0 radical (unpaired) electrons. The Balaban J connectivity index is 1.50. The van der Waals surface area contributed by atoms with Gasteiger partial charge in [-0.3, -0.25) is 9.59 Å². The molecule has 1 heterocycles. The number of aryl methyl sites for hydroxylation is 1. The number of amides is 2. The molecule has 0 aliphatic carbocycles. The minimum Gasteiger partial charge on any atom is -0.361 e. The van der Waals surface area contributed by atoms with E-state index in [4.69, 9.17) is 0 Å². The van der Waals surface area contributed by atoms with Crippen molar-refractivity contribution >= 4 is 22.7 Å². The molecule has 0 saturated carbocycles. The van der Waals surface area contributed by atoms with E-state index in [1.165, 1.54) is 5.39 Å². The first-order valence-electron chi connectivity index (χ1n) is 8.30. The number of carbonyl (C=O) groups is 2. The van der Waals surface area contributed by atoms with E-state index >= 15 is 0 Å². The number of aromatic amines is 1. The van der Waals surface area contributed by atoms with Crippen LogP contribution in [0, 0.1) is 0 Å². The van der Waals surface area contributed by atoms with Crippen molar-refractivity contribution in [3.63, 3.8) is 0 Å². The Hall–Kier alpha value is -3.08. The van der Waals surface area contributed by atoms with Crippen LogP contribution in [-0.4, -0.2) is 23.8 Å². The highest BCUT2D eigenvalue weighted by molar-refractivity contribution is 5.94. The van der Waals surface area contributed by atoms with Crippen LogP contribution in [0.4, 0.5) is 0 Å². The predicted molar refractivity (Wildman–Crippen MR) is 98.3 cm³/mol. The second kappa shape index (κ2) is 7.66. The summed E-state index contributed by atoms with van der Waals surface area (Å²) < 4.78 is 0. The Labute approximate surface area is 146 Å². The number of nitrogens with one attached hydrogen (secondary N) is 3. The Kier molecular flexibility index (Phi) is 5.14. The molecule has 3 aromatic rings. The smallest absolute Gasteiger partial charge is 0.251 e. The van der Waals surface area contributed by atoms with E-state index in [2.05, 4.69) is 21.7 Å². The van der Waals surface area contributed by atoms with Gasteiger partial charge in [0.25, 0.3) is 5.91 Å². The lowest BCUT2D eigenvalue weighted by Gasteiger charge is -2.06. The van der Waals surface area contributed by atoms with E-state index in [9.17, 15) is 9.59 Å². The Bertz CT molecular complexity index is 881.